The average molecular weight is 253 g/mol. The number of halogens is 3. The molecule has 5 nitrogen and oxygen atoms in total. The van der Waals surface area contributed by atoms with Crippen LogP contribution in [0.1, 0.15) is 25.6 Å². The number of aromatic nitrogens is 2. The lowest BCUT2D eigenvalue weighted by molar-refractivity contribution is -0.173. The highest BCUT2D eigenvalue weighted by Crippen LogP contribution is 2.15. The van der Waals surface area contributed by atoms with Crippen molar-refractivity contribution in [1.29, 1.82) is 0 Å². The Kier molecular flexibility index (Phi) is 4.10. The maximum Gasteiger partial charge on any atom is 0.411 e. The van der Waals surface area contributed by atoms with Crippen LogP contribution < -0.4 is 5.73 Å². The van der Waals surface area contributed by atoms with E-state index in [2.05, 4.69) is 14.9 Å². The zero-order valence-electron chi connectivity index (χ0n) is 9.54. The summed E-state index contributed by atoms with van der Waals surface area (Å²) in [6.45, 7) is 1.98. The minimum absolute atomic E-state index is 0.124. The summed E-state index contributed by atoms with van der Waals surface area (Å²) in [5, 5.41) is 3.63. The zero-order chi connectivity index (χ0) is 13.1. The summed E-state index contributed by atoms with van der Waals surface area (Å²) in [5.74, 6) is 0.518. The second kappa shape index (κ2) is 5.01. The third-order valence-electron chi connectivity index (χ3n) is 1.77. The molecular weight excluding hydrogens is 239 g/mol. The molecule has 1 rings (SSSR count). The Morgan fingerprint density at radius 1 is 1.35 bits per heavy atom. The second-order valence-electron chi connectivity index (χ2n) is 4.15. The Balaban J connectivity index is 2.36. The molecule has 0 fully saturated rings. The average Bonchev–Trinajstić information content (AvgIpc) is 2.58. The molecule has 0 unspecified atom stereocenters. The molecule has 0 radical (unpaired) electrons. The maximum absolute atomic E-state index is 11.7. The van der Waals surface area contributed by atoms with Crippen LogP contribution in [0.2, 0.25) is 0 Å². The minimum atomic E-state index is -4.32. The molecule has 0 atom stereocenters. The fourth-order valence-electron chi connectivity index (χ4n) is 0.966. The maximum atomic E-state index is 11.7. The fourth-order valence-corrected chi connectivity index (χ4v) is 0.966. The smallest absolute Gasteiger partial charge is 0.372 e. The summed E-state index contributed by atoms with van der Waals surface area (Å²) in [4.78, 5) is 3.95. The molecule has 98 valence electrons. The van der Waals surface area contributed by atoms with Gasteiger partial charge in [-0.05, 0) is 13.8 Å². The number of ether oxygens (including phenoxy) is 1. The SMILES string of the molecule is CC(C)(N)c1noc(CCOCC(F)(F)F)n1. The summed E-state index contributed by atoms with van der Waals surface area (Å²) < 4.78 is 44.5. The Labute approximate surface area is 96.1 Å². The monoisotopic (exact) mass is 253 g/mol. The van der Waals surface area contributed by atoms with Gasteiger partial charge in [-0.2, -0.15) is 18.2 Å². The van der Waals surface area contributed by atoms with Gasteiger partial charge in [0.1, 0.15) is 6.61 Å². The van der Waals surface area contributed by atoms with E-state index in [1.807, 2.05) is 0 Å². The van der Waals surface area contributed by atoms with Gasteiger partial charge < -0.3 is 15.0 Å². The van der Waals surface area contributed by atoms with Crippen molar-refractivity contribution in [3.8, 4) is 0 Å². The molecule has 0 saturated heterocycles. The van der Waals surface area contributed by atoms with Gasteiger partial charge in [-0.1, -0.05) is 5.16 Å². The van der Waals surface area contributed by atoms with Crippen LogP contribution in [0.4, 0.5) is 13.2 Å². The van der Waals surface area contributed by atoms with Crippen molar-refractivity contribution in [2.45, 2.75) is 32.0 Å². The molecule has 0 aliphatic rings. The van der Waals surface area contributed by atoms with Crippen LogP contribution in [-0.2, 0) is 16.7 Å². The van der Waals surface area contributed by atoms with Gasteiger partial charge in [0.15, 0.2) is 5.82 Å². The van der Waals surface area contributed by atoms with Crippen molar-refractivity contribution in [2.24, 2.45) is 5.73 Å². The first-order valence-electron chi connectivity index (χ1n) is 4.95. The van der Waals surface area contributed by atoms with Gasteiger partial charge >= 0.3 is 6.18 Å². The Bertz CT molecular complexity index is 357. The van der Waals surface area contributed by atoms with Crippen LogP contribution >= 0.6 is 0 Å². The van der Waals surface area contributed by atoms with Gasteiger partial charge in [-0.3, -0.25) is 0 Å². The lowest BCUT2D eigenvalue weighted by Crippen LogP contribution is -2.30. The van der Waals surface area contributed by atoms with E-state index in [1.165, 1.54) is 0 Å². The molecule has 0 spiro atoms. The quantitative estimate of drug-likeness (QED) is 0.802. The van der Waals surface area contributed by atoms with E-state index < -0.39 is 18.3 Å². The highest BCUT2D eigenvalue weighted by atomic mass is 19.4. The Hall–Kier alpha value is -1.15. The number of hydrogen-bond acceptors (Lipinski definition) is 5. The lowest BCUT2D eigenvalue weighted by Gasteiger charge is -2.11. The van der Waals surface area contributed by atoms with Crippen LogP contribution in [0.25, 0.3) is 0 Å². The number of alkyl halides is 3. The first-order chi connectivity index (χ1) is 7.68. The molecule has 1 heterocycles. The third kappa shape index (κ3) is 5.14. The van der Waals surface area contributed by atoms with Crippen molar-refractivity contribution in [3.05, 3.63) is 11.7 Å². The van der Waals surface area contributed by atoms with Crippen LogP contribution in [0.15, 0.2) is 4.52 Å². The molecule has 0 aliphatic carbocycles. The predicted molar refractivity (Wildman–Crippen MR) is 52.1 cm³/mol. The molecule has 0 aliphatic heterocycles. The van der Waals surface area contributed by atoms with E-state index in [0.29, 0.717) is 5.82 Å². The van der Waals surface area contributed by atoms with Crippen molar-refractivity contribution in [3.63, 3.8) is 0 Å². The van der Waals surface area contributed by atoms with Crippen LogP contribution in [0.3, 0.4) is 0 Å². The summed E-state index contributed by atoms with van der Waals surface area (Å²) in [5.41, 5.74) is 4.98. The molecule has 1 aromatic rings. The van der Waals surface area contributed by atoms with E-state index in [-0.39, 0.29) is 18.9 Å². The standard InChI is InChI=1S/C9H14F3N3O2/c1-8(2,13)7-14-6(17-15-7)3-4-16-5-9(10,11)12/h3-5,13H2,1-2H3. The van der Waals surface area contributed by atoms with E-state index in [1.54, 1.807) is 13.8 Å². The van der Waals surface area contributed by atoms with Crippen molar-refractivity contribution >= 4 is 0 Å². The molecule has 8 heteroatoms. The van der Waals surface area contributed by atoms with Crippen LogP contribution in [-0.4, -0.2) is 29.5 Å². The Morgan fingerprint density at radius 3 is 2.47 bits per heavy atom. The third-order valence-corrected chi connectivity index (χ3v) is 1.77. The lowest BCUT2D eigenvalue weighted by atomic mass is 10.1. The van der Waals surface area contributed by atoms with Gasteiger partial charge in [-0.15, -0.1) is 0 Å². The van der Waals surface area contributed by atoms with Gasteiger partial charge in [0.05, 0.1) is 18.6 Å². The zero-order valence-corrected chi connectivity index (χ0v) is 9.54. The molecular formula is C9H14F3N3O2. The summed E-state index contributed by atoms with van der Waals surface area (Å²) >= 11 is 0. The number of rotatable bonds is 5. The Morgan fingerprint density at radius 2 is 2.00 bits per heavy atom. The molecule has 17 heavy (non-hydrogen) atoms. The fraction of sp³-hybridized carbons (Fsp3) is 0.778. The topological polar surface area (TPSA) is 74.2 Å². The van der Waals surface area contributed by atoms with Crippen molar-refractivity contribution < 1.29 is 22.4 Å². The molecule has 0 aromatic carbocycles. The summed E-state index contributed by atoms with van der Waals surface area (Å²) in [6.07, 6.45) is -4.20. The molecule has 0 saturated carbocycles. The van der Waals surface area contributed by atoms with Crippen LogP contribution in [0, 0.1) is 0 Å². The van der Waals surface area contributed by atoms with Gasteiger partial charge in [0.25, 0.3) is 0 Å². The normalized spacial score (nSPS) is 13.1. The van der Waals surface area contributed by atoms with E-state index in [9.17, 15) is 13.2 Å². The van der Waals surface area contributed by atoms with Crippen molar-refractivity contribution in [2.75, 3.05) is 13.2 Å². The van der Waals surface area contributed by atoms with E-state index in [4.69, 9.17) is 10.3 Å². The number of nitrogens with zero attached hydrogens (tertiary/aromatic N) is 2. The molecule has 0 amide bonds. The second-order valence-corrected chi connectivity index (χ2v) is 4.15. The number of nitrogens with two attached hydrogens (primary N) is 1. The molecule has 2 N–H and O–H groups in total. The molecule has 1 aromatic heterocycles. The van der Waals surface area contributed by atoms with Gasteiger partial charge in [0.2, 0.25) is 5.89 Å². The van der Waals surface area contributed by atoms with Gasteiger partial charge in [0, 0.05) is 0 Å². The minimum Gasteiger partial charge on any atom is -0.372 e. The van der Waals surface area contributed by atoms with Crippen molar-refractivity contribution in [1.82, 2.24) is 10.1 Å². The largest absolute Gasteiger partial charge is 0.411 e. The first kappa shape index (κ1) is 13.9. The highest BCUT2D eigenvalue weighted by molar-refractivity contribution is 4.98. The first-order valence-corrected chi connectivity index (χ1v) is 4.95. The molecule has 0 bridgehead atoms. The summed E-state index contributed by atoms with van der Waals surface area (Å²) in [7, 11) is 0. The van der Waals surface area contributed by atoms with E-state index >= 15 is 0 Å². The summed E-state index contributed by atoms with van der Waals surface area (Å²) in [6, 6.07) is 0. The van der Waals surface area contributed by atoms with Crippen LogP contribution in [0.5, 0.6) is 0 Å². The highest BCUT2D eigenvalue weighted by Gasteiger charge is 2.27. The van der Waals surface area contributed by atoms with E-state index in [0.717, 1.165) is 0 Å². The number of hydrogen-bond donors (Lipinski definition) is 1. The predicted octanol–water partition coefficient (Wildman–Crippen LogP) is 1.38. The van der Waals surface area contributed by atoms with Gasteiger partial charge in [-0.25, -0.2) is 0 Å².